The van der Waals surface area contributed by atoms with Crippen molar-refractivity contribution in [3.8, 4) is 5.19 Å². The number of fused-ring (bicyclic) bond motifs is 2. The molecule has 0 unspecified atom stereocenters. The molecule has 3 aliphatic rings. The molecule has 6 nitrogen and oxygen atoms in total. The van der Waals surface area contributed by atoms with E-state index in [2.05, 4.69) is 15.2 Å². The average molecular weight is 506 g/mol. The molecular formula is C26H33F2N3O3S. The molecule has 2 aromatic rings. The number of hydrogen-bond donors (Lipinski definition) is 1. The molecule has 1 fully saturated rings. The molecule has 3 heterocycles. The molecular weight excluding hydrogens is 472 g/mol. The molecule has 2 aliphatic heterocycles. The molecule has 0 spiro atoms. The zero-order valence-electron chi connectivity index (χ0n) is 20.2. The highest BCUT2D eigenvalue weighted by Gasteiger charge is 2.28. The van der Waals surface area contributed by atoms with E-state index in [-0.39, 0.29) is 11.9 Å². The van der Waals surface area contributed by atoms with Crippen LogP contribution < -0.4 is 10.1 Å². The molecule has 0 bridgehead atoms. The molecule has 0 radical (unpaired) electrons. The fraction of sp³-hybridized carbons (Fsp3) is 0.615. The van der Waals surface area contributed by atoms with Crippen LogP contribution in [0.2, 0.25) is 0 Å². The monoisotopic (exact) mass is 505 g/mol. The number of thiazole rings is 1. The fourth-order valence-corrected chi connectivity index (χ4v) is 6.22. The summed E-state index contributed by atoms with van der Waals surface area (Å²) in [6.45, 7) is 4.08. The van der Waals surface area contributed by atoms with Crippen molar-refractivity contribution in [1.82, 2.24) is 15.2 Å². The first kappa shape index (κ1) is 24.6. The van der Waals surface area contributed by atoms with Crippen molar-refractivity contribution < 1.29 is 23.0 Å². The highest BCUT2D eigenvalue weighted by molar-refractivity contribution is 7.13. The lowest BCUT2D eigenvalue weighted by atomic mass is 9.83. The quantitative estimate of drug-likeness (QED) is 0.550. The number of nitrogens with one attached hydrogen (secondary N) is 1. The van der Waals surface area contributed by atoms with Gasteiger partial charge >= 0.3 is 0 Å². The normalized spacial score (nSPS) is 22.5. The van der Waals surface area contributed by atoms with Gasteiger partial charge in [0.15, 0.2) is 6.61 Å². The van der Waals surface area contributed by atoms with E-state index in [4.69, 9.17) is 9.47 Å². The van der Waals surface area contributed by atoms with Gasteiger partial charge in [0.25, 0.3) is 17.0 Å². The van der Waals surface area contributed by atoms with Gasteiger partial charge in [-0.05, 0) is 68.2 Å². The van der Waals surface area contributed by atoms with Gasteiger partial charge in [0.05, 0.1) is 18.9 Å². The summed E-state index contributed by atoms with van der Waals surface area (Å²) in [6, 6.07) is 6.10. The zero-order valence-corrected chi connectivity index (χ0v) is 21.0. The van der Waals surface area contributed by atoms with E-state index < -0.39 is 12.5 Å². The second-order valence-electron chi connectivity index (χ2n) is 10.2. The summed E-state index contributed by atoms with van der Waals surface area (Å²) in [5, 5.41) is 3.61. The van der Waals surface area contributed by atoms with Gasteiger partial charge in [0.2, 0.25) is 0 Å². The predicted molar refractivity (Wildman–Crippen MR) is 130 cm³/mol. The number of carbonyl (C=O) groups is 1. The van der Waals surface area contributed by atoms with Crippen LogP contribution in [0.1, 0.15) is 71.1 Å². The van der Waals surface area contributed by atoms with Crippen LogP contribution in [0.25, 0.3) is 0 Å². The minimum absolute atomic E-state index is 0.0224. The number of benzene rings is 1. The lowest BCUT2D eigenvalue weighted by molar-refractivity contribution is -0.0230. The van der Waals surface area contributed by atoms with Crippen molar-refractivity contribution in [2.24, 2.45) is 5.92 Å². The second kappa shape index (κ2) is 10.5. The molecule has 0 atom stereocenters. The number of rotatable bonds is 8. The van der Waals surface area contributed by atoms with Crippen LogP contribution in [-0.4, -0.2) is 47.5 Å². The van der Waals surface area contributed by atoms with Crippen molar-refractivity contribution in [1.29, 1.82) is 0 Å². The maximum absolute atomic E-state index is 13.1. The van der Waals surface area contributed by atoms with Gasteiger partial charge in [-0.15, -0.1) is 0 Å². The Morgan fingerprint density at radius 1 is 1.29 bits per heavy atom. The predicted octanol–water partition coefficient (Wildman–Crippen LogP) is 4.94. The van der Waals surface area contributed by atoms with Crippen LogP contribution in [0.3, 0.4) is 0 Å². The largest absolute Gasteiger partial charge is 0.464 e. The number of nitrogens with zero attached hydrogens (tertiary/aromatic N) is 2. The topological polar surface area (TPSA) is 63.7 Å². The maximum Gasteiger partial charge on any atom is 0.278 e. The van der Waals surface area contributed by atoms with E-state index in [0.29, 0.717) is 24.3 Å². The minimum Gasteiger partial charge on any atom is -0.464 e. The fourth-order valence-electron chi connectivity index (χ4n) is 5.31. The number of aromatic nitrogens is 1. The molecule has 1 amide bonds. The third-order valence-electron chi connectivity index (χ3n) is 7.29. The third-order valence-corrected chi connectivity index (χ3v) is 8.36. The number of amides is 1. The van der Waals surface area contributed by atoms with Gasteiger partial charge in [0, 0.05) is 36.5 Å². The number of ether oxygens (including phenoxy) is 2. The summed E-state index contributed by atoms with van der Waals surface area (Å²) < 4.78 is 36.8. The summed E-state index contributed by atoms with van der Waals surface area (Å²) in [7, 11) is 0. The number of halogens is 2. The molecule has 1 aromatic carbocycles. The zero-order chi connectivity index (χ0) is 24.4. The first-order chi connectivity index (χ1) is 16.8. The van der Waals surface area contributed by atoms with E-state index in [0.717, 1.165) is 92.3 Å². The highest BCUT2D eigenvalue weighted by Crippen LogP contribution is 2.32. The van der Waals surface area contributed by atoms with Crippen molar-refractivity contribution in [2.45, 2.75) is 77.2 Å². The highest BCUT2D eigenvalue weighted by atomic mass is 32.1. The van der Waals surface area contributed by atoms with Gasteiger partial charge < -0.3 is 14.8 Å². The average Bonchev–Trinajstić information content (AvgIpc) is 3.48. The van der Waals surface area contributed by atoms with Crippen LogP contribution >= 0.6 is 11.3 Å². The SMILES string of the molecule is CC(F)(F)COc1nc2c(s1)CCN(CC[C@H]1CC[C@H](NC(=O)c3cccc4c3COC4)CC1)C2. The van der Waals surface area contributed by atoms with Crippen LogP contribution in [0.5, 0.6) is 5.19 Å². The van der Waals surface area contributed by atoms with Gasteiger partial charge in [0.1, 0.15) is 0 Å². The molecule has 1 saturated carbocycles. The molecule has 1 aliphatic carbocycles. The molecule has 1 N–H and O–H groups in total. The van der Waals surface area contributed by atoms with Crippen LogP contribution in [0.4, 0.5) is 8.78 Å². The van der Waals surface area contributed by atoms with Crippen molar-refractivity contribution in [3.05, 3.63) is 45.5 Å². The van der Waals surface area contributed by atoms with Gasteiger partial charge in [-0.2, -0.15) is 0 Å². The van der Waals surface area contributed by atoms with Gasteiger partial charge in [-0.1, -0.05) is 23.5 Å². The molecule has 9 heteroatoms. The van der Waals surface area contributed by atoms with Gasteiger partial charge in [-0.25, -0.2) is 13.8 Å². The summed E-state index contributed by atoms with van der Waals surface area (Å²) in [6.07, 6.45) is 6.31. The lowest BCUT2D eigenvalue weighted by Crippen LogP contribution is -2.38. The maximum atomic E-state index is 13.1. The Balaban J connectivity index is 1.04. The molecule has 1 aromatic heterocycles. The number of alkyl halides is 2. The smallest absolute Gasteiger partial charge is 0.278 e. The first-order valence-electron chi connectivity index (χ1n) is 12.5. The lowest BCUT2D eigenvalue weighted by Gasteiger charge is -2.32. The van der Waals surface area contributed by atoms with E-state index in [1.54, 1.807) is 0 Å². The summed E-state index contributed by atoms with van der Waals surface area (Å²) >= 11 is 1.40. The van der Waals surface area contributed by atoms with Crippen molar-refractivity contribution in [2.75, 3.05) is 19.7 Å². The number of carbonyl (C=O) groups excluding carboxylic acids is 1. The minimum atomic E-state index is -2.85. The standard InChI is InChI=1S/C26H33F2N3O3S/c1-26(27,28)16-34-25-30-22-13-31(12-10-23(22)35-25)11-9-17-5-7-19(8-6-17)29-24(32)20-4-2-3-18-14-33-15-21(18)20/h2-4,17,19H,5-16H2,1H3,(H,29,32)/t17-,19-. The Bertz CT molecular complexity index is 1050. The Hall–Kier alpha value is -2.10. The Morgan fingerprint density at radius 2 is 2.11 bits per heavy atom. The Morgan fingerprint density at radius 3 is 2.91 bits per heavy atom. The van der Waals surface area contributed by atoms with Crippen molar-refractivity contribution in [3.63, 3.8) is 0 Å². The van der Waals surface area contributed by atoms with Crippen LogP contribution in [0, 0.1) is 5.92 Å². The summed E-state index contributed by atoms with van der Waals surface area (Å²) in [5.74, 6) is -2.16. The van der Waals surface area contributed by atoms with E-state index in [1.165, 1.54) is 11.3 Å². The molecule has 190 valence electrons. The van der Waals surface area contributed by atoms with E-state index >= 15 is 0 Å². The third kappa shape index (κ3) is 6.19. The van der Waals surface area contributed by atoms with Crippen molar-refractivity contribution >= 4 is 17.2 Å². The van der Waals surface area contributed by atoms with E-state index in [9.17, 15) is 13.6 Å². The van der Waals surface area contributed by atoms with Gasteiger partial charge in [-0.3, -0.25) is 9.69 Å². The second-order valence-corrected chi connectivity index (χ2v) is 11.2. The van der Waals surface area contributed by atoms with Crippen LogP contribution in [0.15, 0.2) is 18.2 Å². The van der Waals surface area contributed by atoms with Crippen LogP contribution in [-0.2, 0) is 30.9 Å². The summed E-state index contributed by atoms with van der Waals surface area (Å²) in [5.41, 5.74) is 3.88. The molecule has 5 rings (SSSR count). The Kier molecular flexibility index (Phi) is 7.37. The molecule has 0 saturated heterocycles. The number of hydrogen-bond acceptors (Lipinski definition) is 6. The Labute approximate surface area is 209 Å². The first-order valence-corrected chi connectivity index (χ1v) is 13.4. The molecule has 35 heavy (non-hydrogen) atoms. The van der Waals surface area contributed by atoms with E-state index in [1.807, 2.05) is 18.2 Å². The summed E-state index contributed by atoms with van der Waals surface area (Å²) in [4.78, 5) is 20.9.